The van der Waals surface area contributed by atoms with Crippen molar-refractivity contribution in [1.82, 2.24) is 10.2 Å². The zero-order valence-electron chi connectivity index (χ0n) is 14.8. The number of hydrogen-bond donors (Lipinski definition) is 1. The summed E-state index contributed by atoms with van der Waals surface area (Å²) in [5.74, 6) is 0.313. The van der Waals surface area contributed by atoms with E-state index in [2.05, 4.69) is 21.6 Å². The molecule has 2 aromatic carbocycles. The van der Waals surface area contributed by atoms with Crippen molar-refractivity contribution >= 4 is 23.1 Å². The Morgan fingerprint density at radius 1 is 1.11 bits per heavy atom. The smallest absolute Gasteiger partial charge is 0.279 e. The minimum absolute atomic E-state index is 0.0806. The minimum Gasteiger partial charge on any atom is -0.338 e. The largest absolute Gasteiger partial charge is 0.338 e. The van der Waals surface area contributed by atoms with Gasteiger partial charge in [-0.15, -0.1) is 10.2 Å². The molecule has 3 aromatic rings. The molecule has 1 aromatic heterocycles. The normalized spacial score (nSPS) is 15.1. The molecule has 0 saturated carbocycles. The van der Waals surface area contributed by atoms with Gasteiger partial charge in [0.2, 0.25) is 0 Å². The Balaban J connectivity index is 1.56. The fourth-order valence-corrected chi connectivity index (χ4v) is 3.34. The van der Waals surface area contributed by atoms with Gasteiger partial charge in [-0.3, -0.25) is 4.79 Å². The fraction of sp³-hybridized carbons (Fsp3) is 0.143. The molecule has 0 bridgehead atoms. The van der Waals surface area contributed by atoms with Gasteiger partial charge in [0.05, 0.1) is 11.3 Å². The van der Waals surface area contributed by atoms with Crippen LogP contribution in [0.1, 0.15) is 28.5 Å². The van der Waals surface area contributed by atoms with Crippen LogP contribution in [0.4, 0.5) is 17.2 Å². The van der Waals surface area contributed by atoms with Crippen LogP contribution in [0.5, 0.6) is 0 Å². The summed E-state index contributed by atoms with van der Waals surface area (Å²) in [7, 11) is 0. The number of carbonyl (C=O) groups is 1. The third kappa shape index (κ3) is 3.11. The molecule has 1 N–H and O–H groups in total. The number of nitrogens with zero attached hydrogens (tertiary/aromatic N) is 4. The molecule has 1 amide bonds. The van der Waals surface area contributed by atoms with Gasteiger partial charge in [0.1, 0.15) is 6.07 Å². The van der Waals surface area contributed by atoms with E-state index < -0.39 is 0 Å². The number of para-hydroxylation sites is 2. The molecule has 0 saturated heterocycles. The van der Waals surface area contributed by atoms with Crippen LogP contribution in [0.25, 0.3) is 0 Å². The summed E-state index contributed by atoms with van der Waals surface area (Å²) in [5.41, 5.74) is 3.55. The van der Waals surface area contributed by atoms with Gasteiger partial charge in [0.25, 0.3) is 5.91 Å². The average molecular weight is 355 g/mol. The molecule has 132 valence electrons. The molecule has 0 aliphatic carbocycles. The van der Waals surface area contributed by atoms with Crippen LogP contribution >= 0.6 is 0 Å². The van der Waals surface area contributed by atoms with Crippen LogP contribution in [-0.4, -0.2) is 22.1 Å². The van der Waals surface area contributed by atoms with Crippen molar-refractivity contribution in [3.05, 3.63) is 77.5 Å². The molecule has 1 unspecified atom stereocenters. The number of anilines is 3. The van der Waals surface area contributed by atoms with Crippen LogP contribution in [0.3, 0.4) is 0 Å². The highest BCUT2D eigenvalue weighted by atomic mass is 16.2. The third-order valence-electron chi connectivity index (χ3n) is 4.62. The number of rotatable bonds is 3. The molecule has 0 radical (unpaired) electrons. The maximum atomic E-state index is 13.0. The molecule has 2 heterocycles. The summed E-state index contributed by atoms with van der Waals surface area (Å²) >= 11 is 0. The number of hydrogen-bond acceptors (Lipinski definition) is 5. The van der Waals surface area contributed by atoms with E-state index >= 15 is 0 Å². The first-order chi connectivity index (χ1) is 13.2. The molecule has 27 heavy (non-hydrogen) atoms. The molecule has 0 fully saturated rings. The lowest BCUT2D eigenvalue weighted by Crippen LogP contribution is -2.36. The number of carbonyl (C=O) groups excluding carboxylic acids is 1. The number of nitriles is 1. The summed E-state index contributed by atoms with van der Waals surface area (Å²) in [6.07, 6.45) is 0.833. The van der Waals surface area contributed by atoms with E-state index in [0.29, 0.717) is 17.1 Å². The lowest BCUT2D eigenvalue weighted by atomic mass is 10.1. The lowest BCUT2D eigenvalue weighted by Gasteiger charge is -2.22. The summed E-state index contributed by atoms with van der Waals surface area (Å²) < 4.78 is 0. The number of nitrogens with one attached hydrogen (secondary N) is 1. The molecule has 6 heteroatoms. The zero-order chi connectivity index (χ0) is 18.8. The summed E-state index contributed by atoms with van der Waals surface area (Å²) in [6.45, 7) is 2.03. The van der Waals surface area contributed by atoms with Crippen LogP contribution in [0, 0.1) is 11.3 Å². The Labute approximate surface area is 157 Å². The third-order valence-corrected chi connectivity index (χ3v) is 4.62. The highest BCUT2D eigenvalue weighted by molar-refractivity contribution is 6.06. The average Bonchev–Trinajstić information content (AvgIpc) is 3.04. The van der Waals surface area contributed by atoms with Crippen molar-refractivity contribution in [2.24, 2.45) is 0 Å². The first kappa shape index (κ1) is 16.7. The standard InChI is InChI=1S/C21H17N5O/c1-14-12-15-6-3-5-9-19(15)26(14)21(27)18-10-11-20(25-24-18)23-17-8-4-2-7-16(17)13-22/h2-11,14H,12H2,1H3,(H,23,25). The molecular formula is C21H17N5O. The van der Waals surface area contributed by atoms with E-state index in [9.17, 15) is 4.79 Å². The van der Waals surface area contributed by atoms with E-state index in [4.69, 9.17) is 5.26 Å². The van der Waals surface area contributed by atoms with Crippen LogP contribution < -0.4 is 10.2 Å². The SMILES string of the molecule is CC1Cc2ccccc2N1C(=O)c1ccc(Nc2ccccc2C#N)nn1. The second kappa shape index (κ2) is 6.89. The van der Waals surface area contributed by atoms with Crippen LogP contribution in [-0.2, 0) is 6.42 Å². The lowest BCUT2D eigenvalue weighted by molar-refractivity contribution is 0.0975. The highest BCUT2D eigenvalue weighted by Gasteiger charge is 2.31. The zero-order valence-corrected chi connectivity index (χ0v) is 14.8. The predicted molar refractivity (Wildman–Crippen MR) is 103 cm³/mol. The maximum absolute atomic E-state index is 13.0. The van der Waals surface area contributed by atoms with Gasteiger partial charge >= 0.3 is 0 Å². The quantitative estimate of drug-likeness (QED) is 0.775. The molecule has 1 atom stereocenters. The number of aromatic nitrogens is 2. The number of benzene rings is 2. The van der Waals surface area contributed by atoms with Crippen molar-refractivity contribution in [2.45, 2.75) is 19.4 Å². The van der Waals surface area contributed by atoms with E-state index in [-0.39, 0.29) is 17.6 Å². The van der Waals surface area contributed by atoms with Gasteiger partial charge in [0, 0.05) is 11.7 Å². The Morgan fingerprint density at radius 2 is 1.89 bits per heavy atom. The van der Waals surface area contributed by atoms with Gasteiger partial charge < -0.3 is 10.2 Å². The van der Waals surface area contributed by atoms with Crippen molar-refractivity contribution in [1.29, 1.82) is 5.26 Å². The minimum atomic E-state index is -0.163. The maximum Gasteiger partial charge on any atom is 0.279 e. The molecule has 6 nitrogen and oxygen atoms in total. The predicted octanol–water partition coefficient (Wildman–Crippen LogP) is 3.68. The molecule has 4 rings (SSSR count). The summed E-state index contributed by atoms with van der Waals surface area (Å²) in [6, 6.07) is 20.6. The fourth-order valence-electron chi connectivity index (χ4n) is 3.34. The van der Waals surface area contributed by atoms with Crippen molar-refractivity contribution < 1.29 is 4.79 Å². The Kier molecular flexibility index (Phi) is 4.27. The van der Waals surface area contributed by atoms with Crippen molar-refractivity contribution in [3.8, 4) is 6.07 Å². The highest BCUT2D eigenvalue weighted by Crippen LogP contribution is 2.32. The van der Waals surface area contributed by atoms with E-state index in [1.165, 1.54) is 0 Å². The van der Waals surface area contributed by atoms with Gasteiger partial charge in [-0.05, 0) is 49.2 Å². The summed E-state index contributed by atoms with van der Waals surface area (Å²) in [5, 5.41) is 20.4. The van der Waals surface area contributed by atoms with Gasteiger partial charge in [-0.25, -0.2) is 0 Å². The van der Waals surface area contributed by atoms with Gasteiger partial charge in [-0.1, -0.05) is 30.3 Å². The van der Waals surface area contributed by atoms with Crippen LogP contribution in [0.2, 0.25) is 0 Å². The number of amides is 1. The monoisotopic (exact) mass is 355 g/mol. The Bertz CT molecular complexity index is 1040. The van der Waals surface area contributed by atoms with Crippen LogP contribution in [0.15, 0.2) is 60.7 Å². The van der Waals surface area contributed by atoms with E-state index in [0.717, 1.165) is 17.7 Å². The Hall–Kier alpha value is -3.72. The molecule has 0 spiro atoms. The molecule has 1 aliphatic heterocycles. The molecule has 1 aliphatic rings. The topological polar surface area (TPSA) is 81.9 Å². The molecular weight excluding hydrogens is 338 g/mol. The van der Waals surface area contributed by atoms with Gasteiger partial charge in [-0.2, -0.15) is 5.26 Å². The first-order valence-electron chi connectivity index (χ1n) is 8.68. The van der Waals surface area contributed by atoms with Crippen molar-refractivity contribution in [2.75, 3.05) is 10.2 Å². The second-order valence-electron chi connectivity index (χ2n) is 6.44. The second-order valence-corrected chi connectivity index (χ2v) is 6.44. The van der Waals surface area contributed by atoms with Gasteiger partial charge in [0.15, 0.2) is 11.5 Å². The Morgan fingerprint density at radius 3 is 2.67 bits per heavy atom. The number of fused-ring (bicyclic) bond motifs is 1. The van der Waals surface area contributed by atoms with E-state index in [1.807, 2.05) is 37.3 Å². The van der Waals surface area contributed by atoms with Crippen molar-refractivity contribution in [3.63, 3.8) is 0 Å². The first-order valence-corrected chi connectivity index (χ1v) is 8.68. The van der Waals surface area contributed by atoms with E-state index in [1.54, 1.807) is 35.2 Å². The summed E-state index contributed by atoms with van der Waals surface area (Å²) in [4.78, 5) is 14.7.